The number of alkyl halides is 2. The third-order valence-corrected chi connectivity index (χ3v) is 7.98. The lowest BCUT2D eigenvalue weighted by Crippen LogP contribution is -2.34. The number of rotatable bonds is 4. The first-order chi connectivity index (χ1) is 21.0. The largest absolute Gasteiger partial charge is 0.494 e. The summed E-state index contributed by atoms with van der Waals surface area (Å²) in [5, 5.41) is 9.73. The monoisotopic (exact) mass is 608 g/mol. The molecule has 2 aromatic carbocycles. The van der Waals surface area contributed by atoms with Crippen molar-refractivity contribution < 1.29 is 23.0 Å². The lowest BCUT2D eigenvalue weighted by Gasteiger charge is -2.25. The molecule has 3 N–H and O–H groups in total. The van der Waals surface area contributed by atoms with Crippen molar-refractivity contribution in [1.82, 2.24) is 10.3 Å². The molecule has 0 saturated carbocycles. The minimum Gasteiger partial charge on any atom is -0.494 e. The summed E-state index contributed by atoms with van der Waals surface area (Å²) in [7, 11) is 0. The molecule has 3 aliphatic heterocycles. The lowest BCUT2D eigenvalue weighted by molar-refractivity contribution is -0.0448. The fourth-order valence-corrected chi connectivity index (χ4v) is 4.92. The summed E-state index contributed by atoms with van der Waals surface area (Å²) in [6.07, 6.45) is 6.31. The Balaban J connectivity index is 1.57. The molecule has 6 bridgehead atoms. The van der Waals surface area contributed by atoms with Gasteiger partial charge in [0.25, 0.3) is 11.8 Å². The maximum atomic E-state index is 14.1. The average Bonchev–Trinajstić information content (AvgIpc) is 3.01. The molecule has 0 saturated heterocycles. The number of nitrogens with one attached hydrogen (secondary N) is 3. The zero-order valence-electron chi connectivity index (χ0n) is 26.4. The molecule has 0 aliphatic carbocycles. The molecule has 3 aromatic rings. The maximum absolute atomic E-state index is 14.1. The van der Waals surface area contributed by atoms with E-state index in [-0.39, 0.29) is 23.6 Å². The first-order valence-electron chi connectivity index (χ1n) is 15.7. The van der Waals surface area contributed by atoms with Crippen LogP contribution in [0.5, 0.6) is 11.6 Å². The molecule has 1 amide bonds. The number of anilines is 3. The highest BCUT2D eigenvalue weighted by Crippen LogP contribution is 2.32. The molecule has 1 aromatic heterocycles. The average molecular weight is 609 g/mol. The van der Waals surface area contributed by atoms with E-state index in [0.717, 1.165) is 42.7 Å². The van der Waals surface area contributed by atoms with E-state index in [9.17, 15) is 13.6 Å². The maximum Gasteiger partial charge on any atom is 0.281 e. The van der Waals surface area contributed by atoms with Crippen LogP contribution in [0, 0.1) is 12.3 Å². The van der Waals surface area contributed by atoms with E-state index in [1.54, 1.807) is 19.1 Å². The Morgan fingerprint density at radius 2 is 1.68 bits per heavy atom. The second-order valence-corrected chi connectivity index (χ2v) is 12.4. The normalized spacial score (nSPS) is 16.7. The first-order valence-corrected chi connectivity index (χ1v) is 15.7. The SMILES string of the molecule is CCC(F)(F)COc1nc2cc(c1C)Nc1ccc(cc1)C(=O)NCC(C)(C)CCCCCCCOc1ccc(cc1)CN2. The third kappa shape index (κ3) is 10.1. The number of hydrogen-bond donors (Lipinski definition) is 3. The Bertz CT molecular complexity index is 1360. The molecule has 0 fully saturated rings. The summed E-state index contributed by atoms with van der Waals surface area (Å²) < 4.78 is 39.6. The molecular weight excluding hydrogens is 562 g/mol. The summed E-state index contributed by atoms with van der Waals surface area (Å²) >= 11 is 0. The minimum atomic E-state index is -2.96. The number of benzene rings is 2. The number of amides is 1. The van der Waals surface area contributed by atoms with Gasteiger partial charge in [0.1, 0.15) is 11.6 Å². The molecule has 0 spiro atoms. The van der Waals surface area contributed by atoms with E-state index >= 15 is 0 Å². The Hall–Kier alpha value is -3.88. The van der Waals surface area contributed by atoms with Crippen molar-refractivity contribution in [3.05, 3.63) is 71.3 Å². The van der Waals surface area contributed by atoms with Crippen molar-refractivity contribution in [2.24, 2.45) is 5.41 Å². The molecule has 0 atom stereocenters. The van der Waals surface area contributed by atoms with Crippen LogP contribution in [-0.2, 0) is 6.54 Å². The number of hydrogen-bond acceptors (Lipinski definition) is 6. The van der Waals surface area contributed by atoms with Gasteiger partial charge in [-0.15, -0.1) is 0 Å². The van der Waals surface area contributed by atoms with Gasteiger partial charge in [-0.2, -0.15) is 4.98 Å². The number of fused-ring (bicyclic) bond motifs is 2. The highest BCUT2D eigenvalue weighted by atomic mass is 19.3. The van der Waals surface area contributed by atoms with Gasteiger partial charge in [-0.05, 0) is 67.1 Å². The number of aromatic nitrogens is 1. The highest BCUT2D eigenvalue weighted by molar-refractivity contribution is 5.94. The molecule has 9 heteroatoms. The van der Waals surface area contributed by atoms with Gasteiger partial charge in [-0.3, -0.25) is 4.79 Å². The highest BCUT2D eigenvalue weighted by Gasteiger charge is 2.28. The van der Waals surface area contributed by atoms with Gasteiger partial charge in [0.05, 0.1) is 12.3 Å². The Morgan fingerprint density at radius 1 is 0.977 bits per heavy atom. The van der Waals surface area contributed by atoms with Gasteiger partial charge in [0.2, 0.25) is 5.88 Å². The van der Waals surface area contributed by atoms with Crippen LogP contribution in [0.2, 0.25) is 0 Å². The molecule has 6 rings (SSSR count). The number of halogens is 2. The fraction of sp³-hybridized carbons (Fsp3) is 0.486. The van der Waals surface area contributed by atoms with Crippen molar-refractivity contribution in [1.29, 1.82) is 0 Å². The molecule has 7 nitrogen and oxygen atoms in total. The smallest absolute Gasteiger partial charge is 0.281 e. The van der Waals surface area contributed by atoms with Crippen LogP contribution in [-0.4, -0.2) is 36.6 Å². The zero-order chi connectivity index (χ0) is 31.6. The Kier molecular flexibility index (Phi) is 11.4. The predicted octanol–water partition coefficient (Wildman–Crippen LogP) is 8.66. The molecular formula is C35H46F2N4O3. The van der Waals surface area contributed by atoms with Crippen molar-refractivity contribution in [2.45, 2.75) is 85.1 Å². The summed E-state index contributed by atoms with van der Waals surface area (Å²) in [6.45, 7) is 8.57. The Labute approximate surface area is 260 Å². The second kappa shape index (κ2) is 15.2. The summed E-state index contributed by atoms with van der Waals surface area (Å²) in [6, 6.07) is 16.9. The first kappa shape index (κ1) is 33.0. The van der Waals surface area contributed by atoms with E-state index in [1.165, 1.54) is 19.8 Å². The van der Waals surface area contributed by atoms with E-state index in [1.807, 2.05) is 42.5 Å². The van der Waals surface area contributed by atoms with Crippen LogP contribution >= 0.6 is 0 Å². The van der Waals surface area contributed by atoms with Crippen LogP contribution < -0.4 is 25.4 Å². The number of carbonyl (C=O) groups is 1. The topological polar surface area (TPSA) is 84.5 Å². The lowest BCUT2D eigenvalue weighted by atomic mass is 9.86. The third-order valence-electron chi connectivity index (χ3n) is 7.98. The summed E-state index contributed by atoms with van der Waals surface area (Å²) in [4.78, 5) is 17.4. The number of pyridine rings is 1. The Morgan fingerprint density at radius 3 is 2.41 bits per heavy atom. The molecule has 0 unspecified atom stereocenters. The van der Waals surface area contributed by atoms with Crippen LogP contribution in [0.3, 0.4) is 0 Å². The van der Waals surface area contributed by atoms with Crippen molar-refractivity contribution >= 4 is 23.1 Å². The summed E-state index contributed by atoms with van der Waals surface area (Å²) in [5.41, 5.74) is 3.59. The van der Waals surface area contributed by atoms with Crippen LogP contribution in [0.25, 0.3) is 0 Å². The van der Waals surface area contributed by atoms with E-state index in [4.69, 9.17) is 9.47 Å². The fourth-order valence-electron chi connectivity index (χ4n) is 4.92. The number of ether oxygens (including phenoxy) is 2. The summed E-state index contributed by atoms with van der Waals surface area (Å²) in [5.74, 6) is -1.64. The van der Waals surface area contributed by atoms with E-state index in [0.29, 0.717) is 42.3 Å². The molecule has 44 heavy (non-hydrogen) atoms. The van der Waals surface area contributed by atoms with Gasteiger partial charge in [-0.25, -0.2) is 8.78 Å². The van der Waals surface area contributed by atoms with Gasteiger partial charge in [0, 0.05) is 42.4 Å². The quantitative estimate of drug-likeness (QED) is 0.275. The number of carbonyl (C=O) groups excluding carboxylic acids is 1. The standard InChI is InChI=1S/C35H46F2N4O3/c1-5-35(36,37)24-44-33-25(2)30-21-31(41-33)38-22-26-11-17-29(18-12-26)43-20-10-8-6-7-9-19-34(3,4)23-39-32(42)27-13-15-28(40-30)16-14-27/h11-18,21,40H,5-10,19-20,22-24H2,1-4H3,(H,38,41)(H,39,42). The van der Waals surface area contributed by atoms with Crippen molar-refractivity contribution in [3.8, 4) is 11.6 Å². The van der Waals surface area contributed by atoms with Crippen LogP contribution in [0.1, 0.15) is 87.2 Å². The minimum absolute atomic E-state index is 0.00288. The van der Waals surface area contributed by atoms with Crippen LogP contribution in [0.4, 0.5) is 26.0 Å². The number of nitrogens with zero attached hydrogens (tertiary/aromatic N) is 1. The van der Waals surface area contributed by atoms with Crippen LogP contribution in [0.15, 0.2) is 54.6 Å². The molecule has 3 aliphatic rings. The zero-order valence-corrected chi connectivity index (χ0v) is 26.4. The molecule has 0 radical (unpaired) electrons. The van der Waals surface area contributed by atoms with Gasteiger partial charge < -0.3 is 25.4 Å². The van der Waals surface area contributed by atoms with Gasteiger partial charge >= 0.3 is 0 Å². The van der Waals surface area contributed by atoms with E-state index in [2.05, 4.69) is 34.8 Å². The van der Waals surface area contributed by atoms with Gasteiger partial charge in [-0.1, -0.05) is 58.6 Å². The van der Waals surface area contributed by atoms with Gasteiger partial charge in [0.15, 0.2) is 6.61 Å². The van der Waals surface area contributed by atoms with Crippen molar-refractivity contribution in [3.63, 3.8) is 0 Å². The van der Waals surface area contributed by atoms with E-state index < -0.39 is 12.5 Å². The second-order valence-electron chi connectivity index (χ2n) is 12.4. The predicted molar refractivity (Wildman–Crippen MR) is 173 cm³/mol. The molecule has 238 valence electrons. The van der Waals surface area contributed by atoms with Crippen molar-refractivity contribution in [2.75, 3.05) is 30.4 Å². The molecule has 4 heterocycles.